The molecule has 0 radical (unpaired) electrons. The highest BCUT2D eigenvalue weighted by Crippen LogP contribution is 2.29. The molecule has 1 aromatic rings. The van der Waals surface area contributed by atoms with Crippen molar-refractivity contribution >= 4 is 17.5 Å². The molecule has 1 aliphatic rings. The number of hydrogen-bond acceptors (Lipinski definition) is 2. The van der Waals surface area contributed by atoms with Crippen LogP contribution in [0.5, 0.6) is 0 Å². The van der Waals surface area contributed by atoms with Crippen molar-refractivity contribution in [2.24, 2.45) is 11.8 Å². The van der Waals surface area contributed by atoms with Crippen molar-refractivity contribution in [3.8, 4) is 0 Å². The number of benzene rings is 1. The maximum atomic E-state index is 12.9. The van der Waals surface area contributed by atoms with Crippen LogP contribution in [0.2, 0.25) is 5.02 Å². The Balaban J connectivity index is 2.18. The molecule has 1 amide bonds. The molecule has 0 bridgehead atoms. The van der Waals surface area contributed by atoms with E-state index in [2.05, 4.69) is 13.8 Å². The molecule has 1 aromatic carbocycles. The second-order valence-electron chi connectivity index (χ2n) is 6.39. The van der Waals surface area contributed by atoms with Crippen molar-refractivity contribution in [2.45, 2.75) is 39.2 Å². The summed E-state index contributed by atoms with van der Waals surface area (Å²) >= 11 is 5.93. The Morgan fingerprint density at radius 2 is 1.95 bits per heavy atom. The normalized spacial score (nSPS) is 24.2. The SMILES string of the molecule is CC(C)C(C(=O)N1CCC(C)C(O)C1)c1ccc(Cl)cc1. The number of aliphatic hydroxyl groups is 1. The molecule has 1 aliphatic heterocycles. The van der Waals surface area contributed by atoms with E-state index in [4.69, 9.17) is 11.6 Å². The fraction of sp³-hybridized carbons (Fsp3) is 0.588. The maximum absolute atomic E-state index is 12.9. The Morgan fingerprint density at radius 1 is 1.33 bits per heavy atom. The molecule has 3 nitrogen and oxygen atoms in total. The van der Waals surface area contributed by atoms with Crippen LogP contribution in [0, 0.1) is 11.8 Å². The van der Waals surface area contributed by atoms with Crippen LogP contribution in [-0.4, -0.2) is 35.1 Å². The zero-order valence-corrected chi connectivity index (χ0v) is 13.7. The summed E-state index contributed by atoms with van der Waals surface area (Å²) in [5.74, 6) is 0.401. The molecular formula is C17H24ClNO2. The highest BCUT2D eigenvalue weighted by Gasteiger charge is 2.33. The molecule has 3 atom stereocenters. The molecule has 3 unspecified atom stereocenters. The lowest BCUT2D eigenvalue weighted by Gasteiger charge is -2.37. The monoisotopic (exact) mass is 309 g/mol. The van der Waals surface area contributed by atoms with Gasteiger partial charge in [-0.1, -0.05) is 44.5 Å². The minimum absolute atomic E-state index is 0.110. The molecule has 0 aromatic heterocycles. The van der Waals surface area contributed by atoms with Gasteiger partial charge in [0.05, 0.1) is 12.0 Å². The van der Waals surface area contributed by atoms with Crippen LogP contribution in [0.4, 0.5) is 0 Å². The van der Waals surface area contributed by atoms with E-state index in [0.29, 0.717) is 11.6 Å². The minimum Gasteiger partial charge on any atom is -0.391 e. The van der Waals surface area contributed by atoms with E-state index in [-0.39, 0.29) is 23.7 Å². The van der Waals surface area contributed by atoms with Crippen LogP contribution < -0.4 is 0 Å². The molecule has 2 rings (SSSR count). The molecule has 4 heteroatoms. The average molecular weight is 310 g/mol. The van der Waals surface area contributed by atoms with E-state index in [1.807, 2.05) is 36.1 Å². The first-order chi connectivity index (χ1) is 9.90. The molecule has 1 fully saturated rings. The van der Waals surface area contributed by atoms with Gasteiger partial charge in [-0.25, -0.2) is 0 Å². The number of piperidine rings is 1. The minimum atomic E-state index is -0.416. The van der Waals surface area contributed by atoms with Gasteiger partial charge in [0.15, 0.2) is 0 Å². The summed E-state index contributed by atoms with van der Waals surface area (Å²) in [4.78, 5) is 14.7. The molecule has 0 saturated carbocycles. The Morgan fingerprint density at radius 3 is 2.48 bits per heavy atom. The topological polar surface area (TPSA) is 40.5 Å². The number of likely N-dealkylation sites (tertiary alicyclic amines) is 1. The number of hydrogen-bond donors (Lipinski definition) is 1. The third-order valence-electron chi connectivity index (χ3n) is 4.39. The third kappa shape index (κ3) is 3.78. The zero-order chi connectivity index (χ0) is 15.6. The summed E-state index contributed by atoms with van der Waals surface area (Å²) in [6.07, 6.45) is 0.443. The number of carbonyl (C=O) groups is 1. The lowest BCUT2D eigenvalue weighted by Crippen LogP contribution is -2.48. The summed E-state index contributed by atoms with van der Waals surface area (Å²) in [6.45, 7) is 7.32. The van der Waals surface area contributed by atoms with Crippen molar-refractivity contribution in [2.75, 3.05) is 13.1 Å². The smallest absolute Gasteiger partial charge is 0.230 e. The van der Waals surface area contributed by atoms with Gasteiger partial charge >= 0.3 is 0 Å². The summed E-state index contributed by atoms with van der Waals surface area (Å²) < 4.78 is 0. The predicted molar refractivity (Wildman–Crippen MR) is 85.4 cm³/mol. The number of β-amino-alcohol motifs (C(OH)–C–C–N with tert-alkyl or cyclic N) is 1. The van der Waals surface area contributed by atoms with E-state index in [9.17, 15) is 9.90 Å². The van der Waals surface area contributed by atoms with E-state index in [1.54, 1.807) is 0 Å². The Labute approximate surface area is 131 Å². The van der Waals surface area contributed by atoms with Crippen LogP contribution in [0.15, 0.2) is 24.3 Å². The van der Waals surface area contributed by atoms with Crippen molar-refractivity contribution < 1.29 is 9.90 Å². The van der Waals surface area contributed by atoms with Gasteiger partial charge < -0.3 is 10.0 Å². The molecule has 0 spiro atoms. The summed E-state index contributed by atoms with van der Waals surface area (Å²) in [5, 5.41) is 10.7. The number of nitrogens with zero attached hydrogens (tertiary/aromatic N) is 1. The van der Waals surface area contributed by atoms with Crippen molar-refractivity contribution in [3.05, 3.63) is 34.9 Å². The predicted octanol–water partition coefficient (Wildman–Crippen LogP) is 3.31. The standard InChI is InChI=1S/C17H24ClNO2/c1-11(2)16(13-4-6-14(18)7-5-13)17(21)19-9-8-12(3)15(20)10-19/h4-7,11-12,15-16,20H,8-10H2,1-3H3. The summed E-state index contributed by atoms with van der Waals surface area (Å²) in [5.41, 5.74) is 0.993. The molecule has 116 valence electrons. The van der Waals surface area contributed by atoms with Gasteiger partial charge in [0.25, 0.3) is 0 Å². The van der Waals surface area contributed by atoms with Gasteiger partial charge in [-0.05, 0) is 36.0 Å². The Bertz CT molecular complexity index is 486. The first-order valence-electron chi connectivity index (χ1n) is 7.62. The van der Waals surface area contributed by atoms with E-state index < -0.39 is 6.10 Å². The first-order valence-corrected chi connectivity index (χ1v) is 8.00. The second-order valence-corrected chi connectivity index (χ2v) is 6.83. The molecule has 21 heavy (non-hydrogen) atoms. The van der Waals surface area contributed by atoms with Crippen LogP contribution in [0.1, 0.15) is 38.7 Å². The Hall–Kier alpha value is -1.06. The van der Waals surface area contributed by atoms with Gasteiger partial charge in [0, 0.05) is 18.1 Å². The quantitative estimate of drug-likeness (QED) is 0.930. The third-order valence-corrected chi connectivity index (χ3v) is 4.64. The number of amides is 1. The molecule has 1 heterocycles. The molecule has 1 saturated heterocycles. The van der Waals surface area contributed by atoms with E-state index >= 15 is 0 Å². The van der Waals surface area contributed by atoms with Crippen molar-refractivity contribution in [1.29, 1.82) is 0 Å². The molecular weight excluding hydrogens is 286 g/mol. The van der Waals surface area contributed by atoms with E-state index in [0.717, 1.165) is 18.5 Å². The van der Waals surface area contributed by atoms with Gasteiger partial charge in [0.1, 0.15) is 0 Å². The van der Waals surface area contributed by atoms with Crippen LogP contribution in [0.3, 0.4) is 0 Å². The summed E-state index contributed by atoms with van der Waals surface area (Å²) in [7, 11) is 0. The molecule has 0 aliphatic carbocycles. The zero-order valence-electron chi connectivity index (χ0n) is 12.9. The Kier molecular flexibility index (Phi) is 5.28. The van der Waals surface area contributed by atoms with Gasteiger partial charge in [-0.3, -0.25) is 4.79 Å². The largest absolute Gasteiger partial charge is 0.391 e. The van der Waals surface area contributed by atoms with Crippen LogP contribution in [0.25, 0.3) is 0 Å². The van der Waals surface area contributed by atoms with Crippen molar-refractivity contribution in [1.82, 2.24) is 4.90 Å². The summed E-state index contributed by atoms with van der Waals surface area (Å²) in [6, 6.07) is 7.50. The van der Waals surface area contributed by atoms with Gasteiger partial charge in [-0.2, -0.15) is 0 Å². The fourth-order valence-electron chi connectivity index (χ4n) is 2.93. The average Bonchev–Trinajstić information content (AvgIpc) is 2.43. The van der Waals surface area contributed by atoms with Gasteiger partial charge in [0.2, 0.25) is 5.91 Å². The van der Waals surface area contributed by atoms with Crippen LogP contribution in [-0.2, 0) is 4.79 Å². The maximum Gasteiger partial charge on any atom is 0.230 e. The van der Waals surface area contributed by atoms with E-state index in [1.165, 1.54) is 0 Å². The fourth-order valence-corrected chi connectivity index (χ4v) is 3.05. The lowest BCUT2D eigenvalue weighted by atomic mass is 9.86. The lowest BCUT2D eigenvalue weighted by molar-refractivity contribution is -0.138. The van der Waals surface area contributed by atoms with Crippen LogP contribution >= 0.6 is 11.6 Å². The molecule has 1 N–H and O–H groups in total. The number of carbonyl (C=O) groups excluding carboxylic acids is 1. The first kappa shape index (κ1) is 16.3. The highest BCUT2D eigenvalue weighted by atomic mass is 35.5. The van der Waals surface area contributed by atoms with Gasteiger partial charge in [-0.15, -0.1) is 0 Å². The number of aliphatic hydroxyl groups excluding tert-OH is 1. The number of halogens is 1. The van der Waals surface area contributed by atoms with Crippen molar-refractivity contribution in [3.63, 3.8) is 0 Å². The second kappa shape index (κ2) is 6.80. The number of rotatable bonds is 3. The highest BCUT2D eigenvalue weighted by molar-refractivity contribution is 6.30.